The fourth-order valence-electron chi connectivity index (χ4n) is 2.64. The third-order valence-electron chi connectivity index (χ3n) is 3.82. The molecule has 0 aromatic carbocycles. The van der Waals surface area contributed by atoms with Crippen LogP contribution in [0, 0.1) is 0 Å². The number of rotatable bonds is 4. The molecule has 1 unspecified atom stereocenters. The highest BCUT2D eigenvalue weighted by atomic mass is 19.1. The molecule has 1 aliphatic rings. The van der Waals surface area contributed by atoms with Gasteiger partial charge in [0.2, 0.25) is 5.95 Å². The lowest BCUT2D eigenvalue weighted by molar-refractivity contribution is 0.250. The van der Waals surface area contributed by atoms with Gasteiger partial charge in [-0.25, -0.2) is 19.8 Å². The van der Waals surface area contributed by atoms with Gasteiger partial charge in [0.25, 0.3) is 0 Å². The summed E-state index contributed by atoms with van der Waals surface area (Å²) in [6, 6.07) is 3.93. The highest BCUT2D eigenvalue weighted by Crippen LogP contribution is 2.20. The number of pyridine rings is 1. The van der Waals surface area contributed by atoms with Crippen molar-refractivity contribution in [1.29, 1.82) is 0 Å². The zero-order chi connectivity index (χ0) is 15.6. The van der Waals surface area contributed by atoms with Gasteiger partial charge >= 0.3 is 0 Å². The summed E-state index contributed by atoms with van der Waals surface area (Å²) < 4.78 is 14.3. The minimum absolute atomic E-state index is 0.0290. The number of hydrogen-bond donors (Lipinski definition) is 1. The normalized spacial score (nSPS) is 17.3. The molecule has 1 N–H and O–H groups in total. The molecule has 4 heterocycles. The van der Waals surface area contributed by atoms with Gasteiger partial charge in [-0.1, -0.05) is 0 Å². The summed E-state index contributed by atoms with van der Waals surface area (Å²) in [5.74, 6) is 0.597. The number of alkyl halides is 1. The van der Waals surface area contributed by atoms with Crippen LogP contribution in [0.5, 0.6) is 0 Å². The average molecular weight is 310 g/mol. The quantitative estimate of drug-likeness (QED) is 0.800. The number of nitrogens with zero attached hydrogens (tertiary/aromatic N) is 5. The molecule has 3 aromatic rings. The molecule has 0 radical (unpaired) electrons. The molecule has 4 rings (SSSR count). The molecular formula is C16H15FN6. The molecule has 0 saturated heterocycles. The van der Waals surface area contributed by atoms with Gasteiger partial charge in [-0.2, -0.15) is 0 Å². The Morgan fingerprint density at radius 3 is 2.87 bits per heavy atom. The molecule has 1 atom stereocenters. The van der Waals surface area contributed by atoms with Crippen molar-refractivity contribution in [2.24, 2.45) is 0 Å². The molecule has 0 aliphatic carbocycles. The lowest BCUT2D eigenvalue weighted by atomic mass is 10.2. The smallest absolute Gasteiger partial charge is 0.234 e. The first kappa shape index (κ1) is 13.8. The predicted octanol–water partition coefficient (Wildman–Crippen LogP) is 2.16. The van der Waals surface area contributed by atoms with Crippen molar-refractivity contribution in [2.75, 3.05) is 13.2 Å². The van der Waals surface area contributed by atoms with Crippen molar-refractivity contribution in [2.45, 2.75) is 6.04 Å². The molecule has 1 aliphatic heterocycles. The number of fused-ring (bicyclic) bond motifs is 1. The van der Waals surface area contributed by atoms with Gasteiger partial charge < -0.3 is 5.01 Å². The van der Waals surface area contributed by atoms with E-state index in [4.69, 9.17) is 0 Å². The first-order chi connectivity index (χ1) is 11.3. The van der Waals surface area contributed by atoms with Crippen LogP contribution >= 0.6 is 0 Å². The van der Waals surface area contributed by atoms with Crippen molar-refractivity contribution in [3.8, 4) is 5.95 Å². The minimum Gasteiger partial charge on any atom is -0.312 e. The van der Waals surface area contributed by atoms with Crippen molar-refractivity contribution >= 4 is 10.9 Å². The Morgan fingerprint density at radius 2 is 2.04 bits per heavy atom. The van der Waals surface area contributed by atoms with Crippen molar-refractivity contribution in [3.63, 3.8) is 0 Å². The Labute approximate surface area is 132 Å². The second-order valence-corrected chi connectivity index (χ2v) is 5.27. The molecule has 0 amide bonds. The van der Waals surface area contributed by atoms with E-state index in [-0.39, 0.29) is 6.04 Å². The van der Waals surface area contributed by atoms with Gasteiger partial charge in [0.15, 0.2) is 0 Å². The predicted molar refractivity (Wildman–Crippen MR) is 84.4 cm³/mol. The Hall–Kier alpha value is -2.80. The summed E-state index contributed by atoms with van der Waals surface area (Å²) in [6.45, 7) is -0.0669. The molecule has 7 heteroatoms. The van der Waals surface area contributed by atoms with E-state index < -0.39 is 6.67 Å². The Kier molecular flexibility index (Phi) is 3.47. The van der Waals surface area contributed by atoms with Gasteiger partial charge in [-0.15, -0.1) is 0 Å². The molecule has 3 aromatic heterocycles. The zero-order valence-corrected chi connectivity index (χ0v) is 12.3. The molecule has 116 valence electrons. The van der Waals surface area contributed by atoms with Crippen LogP contribution in [0.2, 0.25) is 0 Å². The highest BCUT2D eigenvalue weighted by Gasteiger charge is 2.17. The molecule has 0 bridgehead atoms. The Morgan fingerprint density at radius 1 is 1.17 bits per heavy atom. The van der Waals surface area contributed by atoms with Crippen LogP contribution in [-0.2, 0) is 0 Å². The third-order valence-corrected chi connectivity index (χ3v) is 3.82. The van der Waals surface area contributed by atoms with Crippen LogP contribution in [0.15, 0.2) is 55.4 Å². The summed E-state index contributed by atoms with van der Waals surface area (Å²) >= 11 is 0. The van der Waals surface area contributed by atoms with Crippen LogP contribution in [0.3, 0.4) is 0 Å². The first-order valence-electron chi connectivity index (χ1n) is 7.35. The average Bonchev–Trinajstić information content (AvgIpc) is 3.22. The molecular weight excluding hydrogens is 295 g/mol. The van der Waals surface area contributed by atoms with Gasteiger partial charge in [0.05, 0.1) is 24.3 Å². The van der Waals surface area contributed by atoms with Crippen LogP contribution < -0.4 is 5.43 Å². The van der Waals surface area contributed by atoms with Crippen LogP contribution in [-0.4, -0.2) is 37.7 Å². The summed E-state index contributed by atoms with van der Waals surface area (Å²) in [6.07, 6.45) is 12.8. The van der Waals surface area contributed by atoms with Crippen molar-refractivity contribution in [3.05, 3.63) is 61.0 Å². The Bertz CT molecular complexity index is 841. The first-order valence-corrected chi connectivity index (χ1v) is 7.35. The molecule has 23 heavy (non-hydrogen) atoms. The van der Waals surface area contributed by atoms with E-state index >= 15 is 0 Å². The van der Waals surface area contributed by atoms with E-state index in [9.17, 15) is 4.39 Å². The van der Waals surface area contributed by atoms with E-state index in [2.05, 4.69) is 20.4 Å². The van der Waals surface area contributed by atoms with Gasteiger partial charge in [0, 0.05) is 41.9 Å². The molecule has 0 saturated carbocycles. The van der Waals surface area contributed by atoms with Crippen molar-refractivity contribution in [1.82, 2.24) is 30.0 Å². The lowest BCUT2D eigenvalue weighted by Crippen LogP contribution is -2.32. The van der Waals surface area contributed by atoms with E-state index in [1.54, 1.807) is 29.8 Å². The van der Waals surface area contributed by atoms with Crippen LogP contribution in [0.25, 0.3) is 16.9 Å². The maximum atomic E-state index is 12.4. The van der Waals surface area contributed by atoms with Crippen LogP contribution in [0.4, 0.5) is 4.39 Å². The molecule has 0 fully saturated rings. The molecule has 6 nitrogen and oxygen atoms in total. The maximum absolute atomic E-state index is 12.4. The zero-order valence-electron chi connectivity index (χ0n) is 12.3. The van der Waals surface area contributed by atoms with Gasteiger partial charge in [-0.05, 0) is 18.2 Å². The summed E-state index contributed by atoms with van der Waals surface area (Å²) in [5, 5.41) is 2.82. The van der Waals surface area contributed by atoms with Gasteiger partial charge in [-0.3, -0.25) is 9.55 Å². The van der Waals surface area contributed by atoms with Gasteiger partial charge in [0.1, 0.15) is 6.67 Å². The lowest BCUT2D eigenvalue weighted by Gasteiger charge is -2.18. The SMILES string of the molecule is FCCN1C=CC(c2cnc(-n3ccc4ccncc43)nc2)N1. The number of halogens is 1. The fraction of sp³-hybridized carbons (Fsp3) is 0.188. The monoisotopic (exact) mass is 310 g/mol. The van der Waals surface area contributed by atoms with E-state index in [1.165, 1.54) is 0 Å². The van der Waals surface area contributed by atoms with E-state index in [0.717, 1.165) is 16.5 Å². The topological polar surface area (TPSA) is 58.9 Å². The van der Waals surface area contributed by atoms with E-state index in [1.807, 2.05) is 35.2 Å². The summed E-state index contributed by atoms with van der Waals surface area (Å²) in [5.41, 5.74) is 5.07. The number of nitrogens with one attached hydrogen (secondary N) is 1. The standard InChI is InChI=1S/C16H15FN6/c17-4-8-22-6-3-14(21-22)13-9-19-16(20-10-13)23-7-2-12-1-5-18-11-15(12)23/h1-3,5-7,9-11,14,21H,4,8H2. The maximum Gasteiger partial charge on any atom is 0.234 e. The van der Waals surface area contributed by atoms with E-state index in [0.29, 0.717) is 12.5 Å². The largest absolute Gasteiger partial charge is 0.312 e. The fourth-order valence-corrected chi connectivity index (χ4v) is 2.64. The number of hydrazine groups is 1. The third kappa shape index (κ3) is 2.55. The van der Waals surface area contributed by atoms with Crippen molar-refractivity contribution < 1.29 is 4.39 Å². The second kappa shape index (κ2) is 5.77. The highest BCUT2D eigenvalue weighted by molar-refractivity contribution is 5.80. The number of hydrogen-bond acceptors (Lipinski definition) is 5. The number of aromatic nitrogens is 4. The summed E-state index contributed by atoms with van der Waals surface area (Å²) in [7, 11) is 0. The minimum atomic E-state index is -0.395. The molecule has 0 spiro atoms. The second-order valence-electron chi connectivity index (χ2n) is 5.27. The Balaban J connectivity index is 1.58. The summed E-state index contributed by atoms with van der Waals surface area (Å²) in [4.78, 5) is 13.0. The van der Waals surface area contributed by atoms with Crippen LogP contribution in [0.1, 0.15) is 11.6 Å².